The zero-order valence-electron chi connectivity index (χ0n) is 14.3. The van der Waals surface area contributed by atoms with Crippen LogP contribution in [0, 0.1) is 6.57 Å². The van der Waals surface area contributed by atoms with Gasteiger partial charge in [-0.15, -0.1) is 0 Å². The Balaban J connectivity index is 2.50. The highest BCUT2D eigenvalue weighted by molar-refractivity contribution is 6.42. The first-order chi connectivity index (χ1) is 12.0. The minimum absolute atomic E-state index is 0.0616. The predicted octanol–water partition coefficient (Wildman–Crippen LogP) is 4.87. The van der Waals surface area contributed by atoms with Crippen molar-refractivity contribution < 1.29 is 9.53 Å². The van der Waals surface area contributed by atoms with Gasteiger partial charge in [-0.25, -0.2) is 4.85 Å². The lowest BCUT2D eigenvalue weighted by atomic mass is 10.2. The van der Waals surface area contributed by atoms with Gasteiger partial charge in [0.1, 0.15) is 5.82 Å². The highest BCUT2D eigenvalue weighted by Gasteiger charge is 2.30. The SMILES string of the molecule is [C-]#[N+]C(=CC=C1N(CC)c2cc(Cl)c(Cl)cc2N1CC)C(=O)OCC. The number of rotatable bonds is 5. The Hall–Kier alpha value is -2.16. The number of carbonyl (C=O) groups is 1. The van der Waals surface area contributed by atoms with E-state index in [1.165, 1.54) is 6.08 Å². The lowest BCUT2D eigenvalue weighted by Crippen LogP contribution is -2.28. The van der Waals surface area contributed by atoms with E-state index in [1.54, 1.807) is 13.0 Å². The fourth-order valence-corrected chi connectivity index (χ4v) is 3.02. The number of nitrogens with zero attached hydrogens (tertiary/aromatic N) is 3. The van der Waals surface area contributed by atoms with Crippen LogP contribution in [0.25, 0.3) is 4.85 Å². The van der Waals surface area contributed by atoms with E-state index in [0.717, 1.165) is 17.2 Å². The van der Waals surface area contributed by atoms with Gasteiger partial charge in [-0.1, -0.05) is 23.2 Å². The lowest BCUT2D eigenvalue weighted by molar-refractivity contribution is -0.138. The van der Waals surface area contributed by atoms with Crippen LogP contribution in [0.4, 0.5) is 11.4 Å². The Morgan fingerprint density at radius 1 is 1.16 bits per heavy atom. The zero-order chi connectivity index (χ0) is 18.6. The molecule has 0 aliphatic carbocycles. The Labute approximate surface area is 157 Å². The number of allylic oxidation sites excluding steroid dienone is 2. The van der Waals surface area contributed by atoms with Gasteiger partial charge in [0.05, 0.1) is 34.6 Å². The summed E-state index contributed by atoms with van der Waals surface area (Å²) in [6.45, 7) is 14.6. The molecule has 1 aromatic carbocycles. The molecule has 132 valence electrons. The van der Waals surface area contributed by atoms with Gasteiger partial charge in [-0.05, 0) is 45.1 Å². The monoisotopic (exact) mass is 379 g/mol. The summed E-state index contributed by atoms with van der Waals surface area (Å²) in [4.78, 5) is 19.2. The minimum Gasteiger partial charge on any atom is -0.471 e. The summed E-state index contributed by atoms with van der Waals surface area (Å²) in [5, 5.41) is 0.972. The quantitative estimate of drug-likeness (QED) is 0.415. The average molecular weight is 380 g/mol. The molecule has 0 amide bonds. The first kappa shape index (κ1) is 19.2. The fraction of sp³-hybridized carbons (Fsp3) is 0.333. The molecule has 25 heavy (non-hydrogen) atoms. The normalized spacial score (nSPS) is 13.6. The van der Waals surface area contributed by atoms with Crippen molar-refractivity contribution in [3.05, 3.63) is 57.3 Å². The topological polar surface area (TPSA) is 37.1 Å². The molecule has 0 radical (unpaired) electrons. The molecule has 5 nitrogen and oxygen atoms in total. The first-order valence-corrected chi connectivity index (χ1v) is 8.74. The third kappa shape index (κ3) is 3.76. The first-order valence-electron chi connectivity index (χ1n) is 7.99. The summed E-state index contributed by atoms with van der Waals surface area (Å²) in [7, 11) is 0. The van der Waals surface area contributed by atoms with Gasteiger partial charge in [0.2, 0.25) is 0 Å². The lowest BCUT2D eigenvalue weighted by Gasteiger charge is -2.23. The van der Waals surface area contributed by atoms with E-state index in [0.29, 0.717) is 23.1 Å². The number of esters is 1. The molecule has 0 aromatic heterocycles. The number of benzene rings is 1. The van der Waals surface area contributed by atoms with Crippen LogP contribution in [0.2, 0.25) is 10.0 Å². The van der Waals surface area contributed by atoms with Crippen LogP contribution in [0.5, 0.6) is 0 Å². The van der Waals surface area contributed by atoms with Crippen LogP contribution >= 0.6 is 23.2 Å². The third-order valence-corrected chi connectivity index (χ3v) is 4.50. The molecule has 0 N–H and O–H groups in total. The van der Waals surface area contributed by atoms with E-state index < -0.39 is 5.97 Å². The summed E-state index contributed by atoms with van der Waals surface area (Å²) in [6.07, 6.45) is 3.24. The molecule has 7 heteroatoms. The van der Waals surface area contributed by atoms with Crippen molar-refractivity contribution in [1.29, 1.82) is 0 Å². The molecule has 1 aliphatic heterocycles. The van der Waals surface area contributed by atoms with Crippen LogP contribution < -0.4 is 9.80 Å². The van der Waals surface area contributed by atoms with Gasteiger partial charge in [0, 0.05) is 13.1 Å². The summed E-state index contributed by atoms with van der Waals surface area (Å²) in [5.41, 5.74) is 1.83. The average Bonchev–Trinajstić information content (AvgIpc) is 2.87. The van der Waals surface area contributed by atoms with Gasteiger partial charge in [-0.3, -0.25) is 4.79 Å². The second kappa shape index (κ2) is 8.28. The number of hydrogen-bond acceptors (Lipinski definition) is 4. The number of halogens is 2. The number of carbonyl (C=O) groups excluding carboxylic acids is 1. The molecule has 0 saturated carbocycles. The smallest absolute Gasteiger partial charge is 0.336 e. The number of anilines is 2. The Morgan fingerprint density at radius 3 is 2.08 bits per heavy atom. The van der Waals surface area contributed by atoms with Crippen molar-refractivity contribution in [2.24, 2.45) is 0 Å². The summed E-state index contributed by atoms with van der Waals surface area (Å²) >= 11 is 12.3. The van der Waals surface area contributed by atoms with E-state index in [1.807, 2.05) is 26.0 Å². The molecule has 1 aliphatic rings. The summed E-state index contributed by atoms with van der Waals surface area (Å²) in [6, 6.07) is 3.66. The highest BCUT2D eigenvalue weighted by atomic mass is 35.5. The van der Waals surface area contributed by atoms with Crippen molar-refractivity contribution in [2.75, 3.05) is 29.5 Å². The Kier molecular flexibility index (Phi) is 6.35. The van der Waals surface area contributed by atoms with Crippen LogP contribution in [0.3, 0.4) is 0 Å². The Bertz CT molecular complexity index is 742. The number of fused-ring (bicyclic) bond motifs is 1. The van der Waals surface area contributed by atoms with Crippen molar-refractivity contribution in [3.8, 4) is 0 Å². The van der Waals surface area contributed by atoms with Crippen LogP contribution in [-0.4, -0.2) is 25.7 Å². The second-order valence-electron chi connectivity index (χ2n) is 5.15. The molecular formula is C18H19Cl2N3O2. The predicted molar refractivity (Wildman–Crippen MR) is 102 cm³/mol. The van der Waals surface area contributed by atoms with Gasteiger partial charge in [-0.2, -0.15) is 0 Å². The van der Waals surface area contributed by atoms with Gasteiger partial charge >= 0.3 is 5.97 Å². The Morgan fingerprint density at radius 2 is 1.68 bits per heavy atom. The molecule has 0 unspecified atom stereocenters. The maximum atomic E-state index is 11.8. The standard InChI is InChI=1S/C18H19Cl2N3O2/c1-5-22-15-10-12(19)13(20)11-16(15)23(6-2)17(22)9-8-14(21-4)18(24)25-7-3/h8-11H,5-7H2,1-3H3. The van der Waals surface area contributed by atoms with E-state index in [2.05, 4.69) is 14.6 Å². The molecule has 2 rings (SSSR count). The van der Waals surface area contributed by atoms with E-state index in [4.69, 9.17) is 34.5 Å². The zero-order valence-corrected chi connectivity index (χ0v) is 15.9. The van der Waals surface area contributed by atoms with Crippen molar-refractivity contribution >= 4 is 40.5 Å². The largest absolute Gasteiger partial charge is 0.471 e. The number of hydrogen-bond donors (Lipinski definition) is 0. The second-order valence-corrected chi connectivity index (χ2v) is 5.97. The van der Waals surface area contributed by atoms with Gasteiger partial charge in [0.15, 0.2) is 0 Å². The molecule has 0 bridgehead atoms. The van der Waals surface area contributed by atoms with E-state index in [9.17, 15) is 4.79 Å². The van der Waals surface area contributed by atoms with Crippen LogP contribution in [0.1, 0.15) is 20.8 Å². The molecule has 0 atom stereocenters. The maximum Gasteiger partial charge on any atom is 0.336 e. The molecule has 0 saturated heterocycles. The van der Waals surface area contributed by atoms with Crippen molar-refractivity contribution in [2.45, 2.75) is 20.8 Å². The molecular weight excluding hydrogens is 361 g/mol. The number of ether oxygens (including phenoxy) is 1. The summed E-state index contributed by atoms with van der Waals surface area (Å²) in [5.74, 6) is 0.228. The minimum atomic E-state index is -0.623. The van der Waals surface area contributed by atoms with Crippen molar-refractivity contribution in [3.63, 3.8) is 0 Å². The summed E-state index contributed by atoms with van der Waals surface area (Å²) < 4.78 is 4.90. The van der Waals surface area contributed by atoms with Gasteiger partial charge < -0.3 is 14.5 Å². The van der Waals surface area contributed by atoms with E-state index in [-0.39, 0.29) is 12.3 Å². The fourth-order valence-electron chi connectivity index (χ4n) is 2.70. The highest BCUT2D eigenvalue weighted by Crippen LogP contribution is 2.45. The van der Waals surface area contributed by atoms with E-state index >= 15 is 0 Å². The third-order valence-electron chi connectivity index (χ3n) is 3.78. The van der Waals surface area contributed by atoms with Gasteiger partial charge in [0.25, 0.3) is 5.70 Å². The molecule has 1 aromatic rings. The van der Waals surface area contributed by atoms with Crippen LogP contribution in [0.15, 0.2) is 35.8 Å². The molecule has 1 heterocycles. The van der Waals surface area contributed by atoms with Crippen molar-refractivity contribution in [1.82, 2.24) is 0 Å². The molecule has 0 fully saturated rings. The van der Waals surface area contributed by atoms with Crippen LogP contribution in [-0.2, 0) is 9.53 Å². The molecule has 0 spiro atoms. The maximum absolute atomic E-state index is 11.8.